The Balaban J connectivity index is 2.70. The van der Waals surface area contributed by atoms with Gasteiger partial charge in [0.25, 0.3) is 0 Å². The van der Waals surface area contributed by atoms with E-state index in [0.29, 0.717) is 0 Å². The summed E-state index contributed by atoms with van der Waals surface area (Å²) in [4.78, 5) is 0. The van der Waals surface area contributed by atoms with E-state index in [0.717, 1.165) is 0 Å². The molecule has 0 spiro atoms. The summed E-state index contributed by atoms with van der Waals surface area (Å²) in [5.41, 5.74) is 0.988. The predicted octanol–water partition coefficient (Wildman–Crippen LogP) is 3.50. The van der Waals surface area contributed by atoms with Crippen molar-refractivity contribution in [1.29, 1.82) is 0 Å². The lowest BCUT2D eigenvalue weighted by Gasteiger charge is -2.29. The molecule has 0 bridgehead atoms. The van der Waals surface area contributed by atoms with Gasteiger partial charge in [0.05, 0.1) is 6.10 Å². The second kappa shape index (κ2) is 3.91. The molecule has 0 aromatic heterocycles. The highest BCUT2D eigenvalue weighted by Crippen LogP contribution is 2.32. The molecular formula is C15H18O. The first kappa shape index (κ1) is 11.2. The Kier molecular flexibility index (Phi) is 2.73. The van der Waals surface area contributed by atoms with E-state index in [2.05, 4.69) is 44.2 Å². The summed E-state index contributed by atoms with van der Waals surface area (Å²) in [6, 6.07) is 14.6. The van der Waals surface area contributed by atoms with Gasteiger partial charge >= 0.3 is 0 Å². The Bertz CT molecular complexity index is 492. The molecule has 84 valence electrons. The lowest BCUT2D eigenvalue weighted by atomic mass is 9.78. The SMILES string of the molecule is CC(O)C(C)(C)c1cccc2ccccc12. The van der Waals surface area contributed by atoms with Gasteiger partial charge in [-0.1, -0.05) is 56.3 Å². The standard InChI is InChI=1S/C15H18O/c1-11(16)15(2,3)14-10-6-8-12-7-4-5-9-13(12)14/h4-11,16H,1-3H3. The van der Waals surface area contributed by atoms with Crippen LogP contribution in [0.4, 0.5) is 0 Å². The van der Waals surface area contributed by atoms with E-state index in [9.17, 15) is 5.11 Å². The molecular weight excluding hydrogens is 196 g/mol. The Morgan fingerprint density at radius 1 is 1.00 bits per heavy atom. The largest absolute Gasteiger partial charge is 0.393 e. The second-order valence-electron chi connectivity index (χ2n) is 4.92. The summed E-state index contributed by atoms with van der Waals surface area (Å²) >= 11 is 0. The summed E-state index contributed by atoms with van der Waals surface area (Å²) in [6.45, 7) is 6.01. The van der Waals surface area contributed by atoms with Gasteiger partial charge in [0.1, 0.15) is 0 Å². The Hall–Kier alpha value is -1.34. The molecule has 0 aliphatic heterocycles. The van der Waals surface area contributed by atoms with E-state index in [-0.39, 0.29) is 11.5 Å². The van der Waals surface area contributed by atoms with Crippen molar-refractivity contribution in [3.63, 3.8) is 0 Å². The smallest absolute Gasteiger partial charge is 0.0603 e. The first-order valence-electron chi connectivity index (χ1n) is 5.70. The minimum absolute atomic E-state index is 0.221. The van der Waals surface area contributed by atoms with Crippen LogP contribution in [0.3, 0.4) is 0 Å². The quantitative estimate of drug-likeness (QED) is 0.811. The van der Waals surface area contributed by atoms with Crippen LogP contribution >= 0.6 is 0 Å². The molecule has 0 saturated heterocycles. The van der Waals surface area contributed by atoms with Gasteiger partial charge < -0.3 is 5.11 Å². The van der Waals surface area contributed by atoms with Crippen molar-refractivity contribution in [2.45, 2.75) is 32.3 Å². The molecule has 0 radical (unpaired) electrons. The summed E-state index contributed by atoms with van der Waals surface area (Å²) in [7, 11) is 0. The molecule has 1 heteroatoms. The van der Waals surface area contributed by atoms with Gasteiger partial charge in [-0.05, 0) is 23.3 Å². The van der Waals surface area contributed by atoms with Crippen LogP contribution in [0.5, 0.6) is 0 Å². The number of hydrogen-bond donors (Lipinski definition) is 1. The maximum atomic E-state index is 9.89. The molecule has 0 aliphatic rings. The van der Waals surface area contributed by atoms with Gasteiger partial charge in [-0.15, -0.1) is 0 Å². The molecule has 1 unspecified atom stereocenters. The van der Waals surface area contributed by atoms with Crippen molar-refractivity contribution in [1.82, 2.24) is 0 Å². The number of aliphatic hydroxyl groups excluding tert-OH is 1. The first-order chi connectivity index (χ1) is 7.53. The molecule has 0 fully saturated rings. The van der Waals surface area contributed by atoms with E-state index in [1.54, 1.807) is 0 Å². The maximum absolute atomic E-state index is 9.89. The van der Waals surface area contributed by atoms with Crippen LogP contribution in [-0.2, 0) is 5.41 Å². The monoisotopic (exact) mass is 214 g/mol. The third-order valence-corrected chi connectivity index (χ3v) is 3.53. The summed E-state index contributed by atoms with van der Waals surface area (Å²) in [6.07, 6.45) is -0.363. The van der Waals surface area contributed by atoms with Crippen LogP contribution in [0.25, 0.3) is 10.8 Å². The molecule has 0 amide bonds. The number of aliphatic hydroxyl groups is 1. The molecule has 0 saturated carbocycles. The van der Waals surface area contributed by atoms with Gasteiger partial charge in [0.2, 0.25) is 0 Å². The summed E-state index contributed by atoms with van der Waals surface area (Å²) in [5, 5.41) is 12.4. The molecule has 0 heterocycles. The Morgan fingerprint density at radius 2 is 1.62 bits per heavy atom. The van der Waals surface area contributed by atoms with Crippen molar-refractivity contribution in [2.24, 2.45) is 0 Å². The predicted molar refractivity (Wildman–Crippen MR) is 68.7 cm³/mol. The van der Waals surface area contributed by atoms with Crippen molar-refractivity contribution < 1.29 is 5.11 Å². The first-order valence-corrected chi connectivity index (χ1v) is 5.70. The fraction of sp³-hybridized carbons (Fsp3) is 0.333. The third-order valence-electron chi connectivity index (χ3n) is 3.53. The van der Waals surface area contributed by atoms with E-state index in [1.165, 1.54) is 16.3 Å². The van der Waals surface area contributed by atoms with Crippen molar-refractivity contribution >= 4 is 10.8 Å². The lowest BCUT2D eigenvalue weighted by Crippen LogP contribution is -2.31. The van der Waals surface area contributed by atoms with Gasteiger partial charge in [-0.3, -0.25) is 0 Å². The number of benzene rings is 2. The minimum atomic E-state index is -0.363. The molecule has 1 nitrogen and oxygen atoms in total. The van der Waals surface area contributed by atoms with Gasteiger partial charge in [0, 0.05) is 5.41 Å². The van der Waals surface area contributed by atoms with Crippen LogP contribution in [0.15, 0.2) is 42.5 Å². The maximum Gasteiger partial charge on any atom is 0.0603 e. The van der Waals surface area contributed by atoms with Gasteiger partial charge in [-0.2, -0.15) is 0 Å². The minimum Gasteiger partial charge on any atom is -0.393 e. The number of rotatable bonds is 2. The zero-order valence-electron chi connectivity index (χ0n) is 10.1. The zero-order chi connectivity index (χ0) is 11.8. The lowest BCUT2D eigenvalue weighted by molar-refractivity contribution is 0.119. The topological polar surface area (TPSA) is 20.2 Å². The van der Waals surface area contributed by atoms with E-state index >= 15 is 0 Å². The van der Waals surface area contributed by atoms with Crippen LogP contribution in [-0.4, -0.2) is 11.2 Å². The number of hydrogen-bond acceptors (Lipinski definition) is 1. The fourth-order valence-corrected chi connectivity index (χ4v) is 2.01. The van der Waals surface area contributed by atoms with Crippen LogP contribution in [0.1, 0.15) is 26.3 Å². The van der Waals surface area contributed by atoms with Crippen molar-refractivity contribution in [3.05, 3.63) is 48.0 Å². The molecule has 16 heavy (non-hydrogen) atoms. The second-order valence-corrected chi connectivity index (χ2v) is 4.92. The highest BCUT2D eigenvalue weighted by Gasteiger charge is 2.27. The molecule has 2 aromatic carbocycles. The van der Waals surface area contributed by atoms with Crippen molar-refractivity contribution in [2.75, 3.05) is 0 Å². The normalized spacial score (nSPS) is 14.0. The molecule has 2 aromatic rings. The van der Waals surface area contributed by atoms with Crippen LogP contribution in [0, 0.1) is 0 Å². The van der Waals surface area contributed by atoms with Crippen LogP contribution < -0.4 is 0 Å². The van der Waals surface area contributed by atoms with Crippen LogP contribution in [0.2, 0.25) is 0 Å². The van der Waals surface area contributed by atoms with Gasteiger partial charge in [-0.25, -0.2) is 0 Å². The zero-order valence-corrected chi connectivity index (χ0v) is 10.1. The van der Waals surface area contributed by atoms with E-state index in [1.807, 2.05) is 19.1 Å². The third kappa shape index (κ3) is 1.72. The average Bonchev–Trinajstić information content (AvgIpc) is 2.28. The van der Waals surface area contributed by atoms with E-state index < -0.39 is 0 Å². The van der Waals surface area contributed by atoms with Crippen molar-refractivity contribution in [3.8, 4) is 0 Å². The molecule has 1 atom stereocenters. The Labute approximate surface area is 96.7 Å². The highest BCUT2D eigenvalue weighted by molar-refractivity contribution is 5.86. The summed E-state index contributed by atoms with van der Waals surface area (Å²) < 4.78 is 0. The fourth-order valence-electron chi connectivity index (χ4n) is 2.01. The highest BCUT2D eigenvalue weighted by atomic mass is 16.3. The average molecular weight is 214 g/mol. The molecule has 1 N–H and O–H groups in total. The molecule has 0 aliphatic carbocycles. The Morgan fingerprint density at radius 3 is 2.31 bits per heavy atom. The molecule has 2 rings (SSSR count). The number of fused-ring (bicyclic) bond motifs is 1. The summed E-state index contributed by atoms with van der Waals surface area (Å²) in [5.74, 6) is 0. The van der Waals surface area contributed by atoms with Gasteiger partial charge in [0.15, 0.2) is 0 Å². The van der Waals surface area contributed by atoms with E-state index in [4.69, 9.17) is 0 Å².